The minimum atomic E-state index is 0.0632. The maximum absolute atomic E-state index is 12.1. The minimum Gasteiger partial charge on any atom is -0.352 e. The van der Waals surface area contributed by atoms with Crippen molar-refractivity contribution in [3.8, 4) is 0 Å². The third kappa shape index (κ3) is 4.08. The first-order valence-corrected chi connectivity index (χ1v) is 8.74. The van der Waals surface area contributed by atoms with E-state index in [9.17, 15) is 9.59 Å². The summed E-state index contributed by atoms with van der Waals surface area (Å²) in [6.45, 7) is 2.60. The molecule has 0 saturated heterocycles. The second kappa shape index (κ2) is 7.51. The molecule has 2 aromatic carbocycles. The highest BCUT2D eigenvalue weighted by Gasteiger charge is 2.20. The summed E-state index contributed by atoms with van der Waals surface area (Å²) in [6.07, 6.45) is 2.58. The van der Waals surface area contributed by atoms with Gasteiger partial charge in [-0.15, -0.1) is 0 Å². The highest BCUT2D eigenvalue weighted by molar-refractivity contribution is 5.95. The molecule has 1 N–H and O–H groups in total. The van der Waals surface area contributed by atoms with Gasteiger partial charge in [0.15, 0.2) is 0 Å². The Morgan fingerprint density at radius 3 is 2.76 bits per heavy atom. The van der Waals surface area contributed by atoms with Crippen molar-refractivity contribution < 1.29 is 9.59 Å². The van der Waals surface area contributed by atoms with Crippen LogP contribution < -0.4 is 10.2 Å². The number of carbonyl (C=O) groups excluding carboxylic acids is 2. The zero-order chi connectivity index (χ0) is 17.8. The third-order valence-corrected chi connectivity index (χ3v) is 4.86. The van der Waals surface area contributed by atoms with Crippen molar-refractivity contribution in [2.24, 2.45) is 0 Å². The van der Waals surface area contributed by atoms with Crippen molar-refractivity contribution in [3.63, 3.8) is 0 Å². The lowest BCUT2D eigenvalue weighted by Gasteiger charge is -2.26. The number of amides is 2. The van der Waals surface area contributed by atoms with Gasteiger partial charge in [0.1, 0.15) is 0 Å². The number of nitrogens with zero attached hydrogens (tertiary/aromatic N) is 1. The summed E-state index contributed by atoms with van der Waals surface area (Å²) in [7, 11) is 1.81. The maximum Gasteiger partial charge on any atom is 0.227 e. The topological polar surface area (TPSA) is 49.4 Å². The van der Waals surface area contributed by atoms with Crippen LogP contribution in [-0.2, 0) is 29.0 Å². The van der Waals surface area contributed by atoms with Crippen molar-refractivity contribution >= 4 is 17.5 Å². The number of benzene rings is 2. The predicted octanol–water partition coefficient (Wildman–Crippen LogP) is 3.15. The van der Waals surface area contributed by atoms with E-state index in [0.29, 0.717) is 19.4 Å². The molecule has 1 heterocycles. The van der Waals surface area contributed by atoms with E-state index in [1.807, 2.05) is 31.3 Å². The Hall–Kier alpha value is -2.62. The summed E-state index contributed by atoms with van der Waals surface area (Å²) in [5, 5.41) is 3.00. The molecule has 2 amide bonds. The molecule has 0 aliphatic carbocycles. The normalized spacial score (nSPS) is 13.5. The lowest BCUT2D eigenvalue weighted by molar-refractivity contribution is -0.121. The van der Waals surface area contributed by atoms with Gasteiger partial charge in [-0.05, 0) is 48.1 Å². The highest BCUT2D eigenvalue weighted by Crippen LogP contribution is 2.27. The second-order valence-electron chi connectivity index (χ2n) is 6.62. The summed E-state index contributed by atoms with van der Waals surface area (Å²) in [6, 6.07) is 14.2. The van der Waals surface area contributed by atoms with Crippen LogP contribution in [0.25, 0.3) is 0 Å². The smallest absolute Gasteiger partial charge is 0.227 e. The van der Waals surface area contributed by atoms with E-state index in [0.717, 1.165) is 24.1 Å². The van der Waals surface area contributed by atoms with Crippen LogP contribution in [0.1, 0.15) is 35.1 Å². The van der Waals surface area contributed by atoms with Gasteiger partial charge in [0.2, 0.25) is 11.8 Å². The molecule has 0 spiro atoms. The summed E-state index contributed by atoms with van der Waals surface area (Å²) in [5.41, 5.74) is 5.67. The Bertz CT molecular complexity index is 798. The van der Waals surface area contributed by atoms with Crippen molar-refractivity contribution in [1.82, 2.24) is 5.32 Å². The number of aryl methyl sites for hydroxylation is 3. The predicted molar refractivity (Wildman–Crippen MR) is 99.5 cm³/mol. The molecule has 2 aromatic rings. The van der Waals surface area contributed by atoms with Gasteiger partial charge in [0.05, 0.1) is 0 Å². The molecule has 4 heteroatoms. The number of rotatable bonds is 5. The van der Waals surface area contributed by atoms with E-state index in [2.05, 4.69) is 30.4 Å². The quantitative estimate of drug-likeness (QED) is 0.912. The molecule has 0 atom stereocenters. The van der Waals surface area contributed by atoms with Crippen molar-refractivity contribution in [3.05, 3.63) is 64.7 Å². The van der Waals surface area contributed by atoms with Gasteiger partial charge < -0.3 is 10.2 Å². The number of nitrogens with one attached hydrogen (secondary N) is 1. The van der Waals surface area contributed by atoms with Gasteiger partial charge in [-0.1, -0.05) is 36.4 Å². The second-order valence-corrected chi connectivity index (χ2v) is 6.62. The van der Waals surface area contributed by atoms with E-state index in [-0.39, 0.29) is 11.8 Å². The lowest BCUT2D eigenvalue weighted by Crippen LogP contribution is -2.31. The number of hydrogen-bond donors (Lipinski definition) is 1. The number of fused-ring (bicyclic) bond motifs is 1. The standard InChI is InChI=1S/C21H24N2O2/c1-15-5-3-4-6-17(15)8-11-20(24)22-14-16-7-10-19-18(13-16)9-12-21(25)23(19)2/h3-7,10,13H,8-9,11-12,14H2,1-2H3,(H,22,24). The minimum absolute atomic E-state index is 0.0632. The van der Waals surface area contributed by atoms with Crippen LogP contribution in [0, 0.1) is 6.92 Å². The lowest BCUT2D eigenvalue weighted by atomic mass is 9.99. The fraction of sp³-hybridized carbons (Fsp3) is 0.333. The van der Waals surface area contributed by atoms with E-state index in [1.165, 1.54) is 16.7 Å². The van der Waals surface area contributed by atoms with Crippen LogP contribution >= 0.6 is 0 Å². The van der Waals surface area contributed by atoms with Gasteiger partial charge in [0, 0.05) is 32.1 Å². The van der Waals surface area contributed by atoms with Crippen LogP contribution in [0.5, 0.6) is 0 Å². The summed E-state index contributed by atoms with van der Waals surface area (Å²) in [5.74, 6) is 0.220. The Morgan fingerprint density at radius 2 is 1.96 bits per heavy atom. The van der Waals surface area contributed by atoms with Crippen LogP contribution in [0.2, 0.25) is 0 Å². The van der Waals surface area contributed by atoms with E-state index < -0.39 is 0 Å². The number of anilines is 1. The molecule has 0 aromatic heterocycles. The van der Waals surface area contributed by atoms with E-state index >= 15 is 0 Å². The van der Waals surface area contributed by atoms with Gasteiger partial charge in [0.25, 0.3) is 0 Å². The Labute approximate surface area is 148 Å². The van der Waals surface area contributed by atoms with Crippen LogP contribution in [0.3, 0.4) is 0 Å². The third-order valence-electron chi connectivity index (χ3n) is 4.86. The Morgan fingerprint density at radius 1 is 1.16 bits per heavy atom. The van der Waals surface area contributed by atoms with Gasteiger partial charge in [-0.25, -0.2) is 0 Å². The first-order valence-electron chi connectivity index (χ1n) is 8.74. The molecular formula is C21H24N2O2. The summed E-state index contributed by atoms with van der Waals surface area (Å²) >= 11 is 0. The molecule has 0 unspecified atom stereocenters. The van der Waals surface area contributed by atoms with E-state index in [1.54, 1.807) is 4.90 Å². The largest absolute Gasteiger partial charge is 0.352 e. The summed E-state index contributed by atoms with van der Waals surface area (Å²) in [4.78, 5) is 25.6. The zero-order valence-electron chi connectivity index (χ0n) is 14.8. The van der Waals surface area contributed by atoms with Crippen LogP contribution in [0.4, 0.5) is 5.69 Å². The Balaban J connectivity index is 1.54. The highest BCUT2D eigenvalue weighted by atomic mass is 16.2. The molecular weight excluding hydrogens is 312 g/mol. The Kier molecular flexibility index (Phi) is 5.17. The molecule has 130 valence electrons. The molecule has 0 fully saturated rings. The van der Waals surface area contributed by atoms with Gasteiger partial charge in [-0.2, -0.15) is 0 Å². The first-order chi connectivity index (χ1) is 12.0. The fourth-order valence-electron chi connectivity index (χ4n) is 3.25. The maximum atomic E-state index is 12.1. The molecule has 0 saturated carbocycles. The van der Waals surface area contributed by atoms with Crippen LogP contribution in [-0.4, -0.2) is 18.9 Å². The molecule has 0 radical (unpaired) electrons. The zero-order valence-corrected chi connectivity index (χ0v) is 14.8. The molecule has 3 rings (SSSR count). The molecule has 1 aliphatic heterocycles. The van der Waals surface area contributed by atoms with Crippen molar-refractivity contribution in [1.29, 1.82) is 0 Å². The van der Waals surface area contributed by atoms with E-state index in [4.69, 9.17) is 0 Å². The molecule has 25 heavy (non-hydrogen) atoms. The molecule has 4 nitrogen and oxygen atoms in total. The van der Waals surface area contributed by atoms with Crippen molar-refractivity contribution in [2.45, 2.75) is 39.2 Å². The number of carbonyl (C=O) groups is 2. The average Bonchev–Trinajstić information content (AvgIpc) is 2.62. The molecule has 1 aliphatic rings. The first kappa shape index (κ1) is 17.2. The average molecular weight is 336 g/mol. The fourth-order valence-corrected chi connectivity index (χ4v) is 3.25. The van der Waals surface area contributed by atoms with Gasteiger partial charge in [-0.3, -0.25) is 9.59 Å². The summed E-state index contributed by atoms with van der Waals surface area (Å²) < 4.78 is 0. The monoisotopic (exact) mass is 336 g/mol. The molecule has 0 bridgehead atoms. The van der Waals surface area contributed by atoms with Crippen molar-refractivity contribution in [2.75, 3.05) is 11.9 Å². The van der Waals surface area contributed by atoms with Crippen LogP contribution in [0.15, 0.2) is 42.5 Å². The van der Waals surface area contributed by atoms with Gasteiger partial charge >= 0.3 is 0 Å². The number of hydrogen-bond acceptors (Lipinski definition) is 2. The SMILES string of the molecule is Cc1ccccc1CCC(=O)NCc1ccc2c(c1)CCC(=O)N2C.